The van der Waals surface area contributed by atoms with Crippen molar-refractivity contribution in [3.05, 3.63) is 144 Å². The van der Waals surface area contributed by atoms with Crippen molar-refractivity contribution in [1.29, 1.82) is 0 Å². The third-order valence-electron chi connectivity index (χ3n) is 14.6. The van der Waals surface area contributed by atoms with Gasteiger partial charge in [0.1, 0.15) is 6.10 Å². The van der Waals surface area contributed by atoms with E-state index in [4.69, 9.17) is 32.8 Å². The second kappa shape index (κ2) is 19.9. The van der Waals surface area contributed by atoms with Crippen LogP contribution in [0.15, 0.2) is 133 Å². The number of carbonyl (C=O) groups is 2. The highest BCUT2D eigenvalue weighted by Gasteiger charge is 2.69. The van der Waals surface area contributed by atoms with Crippen molar-refractivity contribution in [1.82, 2.24) is 0 Å². The average molecular weight is 931 g/mol. The molecule has 67 heavy (non-hydrogen) atoms. The van der Waals surface area contributed by atoms with Gasteiger partial charge >= 0.3 is 5.97 Å². The number of hydrogen-bond acceptors (Lipinski definition) is 10. The summed E-state index contributed by atoms with van der Waals surface area (Å²) in [7, 11) is -1.18. The fourth-order valence-corrected chi connectivity index (χ4v) is 15.5. The molecule has 10 nitrogen and oxygen atoms in total. The van der Waals surface area contributed by atoms with Crippen LogP contribution in [0.3, 0.4) is 0 Å². The standard InChI is InChI=1S/C56H70O10Si/c1-40(39-61-67(52(2,3)4,44-26-16-10-17-27-44)45-28-18-11-19-29-45)49-37-53(5,60-7)38-50(62-49)46(58)33-32-43(57)36-54(6)51(59)65-55(34-20-30-47(63-55)41-22-12-8-13-23-41)56(66-54)35-21-31-48(64-56)42-24-14-9-15-25-42/h8-19,22-29,38,40,43,47-49,57H,20-21,30-37,39H2,1-7H3/t40-,43+,47-,48+,49+,53+,54-,55+,56+/m1/s1. The number of benzene rings is 4. The molecule has 9 atom stereocenters. The molecule has 4 heterocycles. The summed E-state index contributed by atoms with van der Waals surface area (Å²) >= 11 is 0. The van der Waals surface area contributed by atoms with Crippen LogP contribution in [0, 0.1) is 5.92 Å². The molecule has 0 unspecified atom stereocenters. The maximum Gasteiger partial charge on any atom is 0.341 e. The van der Waals surface area contributed by atoms with Crippen LogP contribution in [-0.4, -0.2) is 73.9 Å². The molecule has 0 saturated carbocycles. The number of rotatable bonds is 15. The summed E-state index contributed by atoms with van der Waals surface area (Å²) in [5.41, 5.74) is -0.381. The summed E-state index contributed by atoms with van der Waals surface area (Å²) in [6, 6.07) is 41.1. The highest BCUT2D eigenvalue weighted by Crippen LogP contribution is 2.56. The number of aliphatic hydroxyl groups is 1. The molecule has 358 valence electrons. The predicted molar refractivity (Wildman–Crippen MR) is 260 cm³/mol. The summed E-state index contributed by atoms with van der Waals surface area (Å²) in [6.07, 6.45) is 3.87. The van der Waals surface area contributed by atoms with Crippen LogP contribution in [0.5, 0.6) is 0 Å². The number of aliphatic hydroxyl groups excluding tert-OH is 1. The molecular formula is C56H70O10Si. The van der Waals surface area contributed by atoms with Crippen molar-refractivity contribution >= 4 is 30.4 Å². The van der Waals surface area contributed by atoms with Crippen molar-refractivity contribution in [3.8, 4) is 0 Å². The van der Waals surface area contributed by atoms with E-state index in [2.05, 4.69) is 76.2 Å². The highest BCUT2D eigenvalue weighted by atomic mass is 28.4. The second-order valence-electron chi connectivity index (χ2n) is 20.7. The number of ether oxygens (including phenoxy) is 6. The maximum absolute atomic E-state index is 14.4. The lowest BCUT2D eigenvalue weighted by molar-refractivity contribution is -0.473. The topological polar surface area (TPSA) is 119 Å². The van der Waals surface area contributed by atoms with Gasteiger partial charge in [-0.1, -0.05) is 149 Å². The van der Waals surface area contributed by atoms with Crippen molar-refractivity contribution < 1.29 is 47.5 Å². The first-order valence-corrected chi connectivity index (χ1v) is 26.2. The van der Waals surface area contributed by atoms with E-state index in [1.807, 2.05) is 79.7 Å². The number of fused-ring (bicyclic) bond motifs is 1. The van der Waals surface area contributed by atoms with Gasteiger partial charge in [0, 0.05) is 51.7 Å². The number of allylic oxidation sites excluding steroid dienone is 1. The van der Waals surface area contributed by atoms with Gasteiger partial charge in [-0.15, -0.1) is 0 Å². The minimum Gasteiger partial charge on any atom is -0.486 e. The summed E-state index contributed by atoms with van der Waals surface area (Å²) in [5.74, 6) is -3.75. The molecule has 0 aliphatic carbocycles. The Labute approximate surface area is 398 Å². The average Bonchev–Trinajstić information content (AvgIpc) is 3.33. The number of ketones is 1. The van der Waals surface area contributed by atoms with E-state index in [0.29, 0.717) is 25.9 Å². The lowest BCUT2D eigenvalue weighted by Gasteiger charge is -2.59. The Morgan fingerprint density at radius 1 is 0.791 bits per heavy atom. The second-order valence-corrected chi connectivity index (χ2v) is 25.0. The fourth-order valence-electron chi connectivity index (χ4n) is 10.9. The van der Waals surface area contributed by atoms with E-state index in [-0.39, 0.29) is 60.1 Å². The van der Waals surface area contributed by atoms with Gasteiger partial charge in [-0.2, -0.15) is 0 Å². The molecule has 11 heteroatoms. The Balaban J connectivity index is 0.967. The minimum absolute atomic E-state index is 0.0267. The normalized spacial score (nSPS) is 29.9. The van der Waals surface area contributed by atoms with Crippen LogP contribution in [0.1, 0.15) is 129 Å². The Morgan fingerprint density at radius 2 is 1.30 bits per heavy atom. The molecule has 3 saturated heterocycles. The Hall–Kier alpha value is -4.46. The lowest BCUT2D eigenvalue weighted by Crippen LogP contribution is -2.72. The number of Topliss-reactive ketones (excluding diaryl/α,β-unsaturated/α-hetero) is 1. The van der Waals surface area contributed by atoms with Crippen molar-refractivity contribution in [2.75, 3.05) is 13.7 Å². The van der Waals surface area contributed by atoms with Crippen LogP contribution < -0.4 is 10.4 Å². The molecule has 8 rings (SSSR count). The third-order valence-corrected chi connectivity index (χ3v) is 19.6. The van der Waals surface area contributed by atoms with Gasteiger partial charge in [0.05, 0.1) is 23.9 Å². The molecule has 4 aliphatic heterocycles. The van der Waals surface area contributed by atoms with E-state index < -0.39 is 43.2 Å². The molecule has 3 fully saturated rings. The van der Waals surface area contributed by atoms with Crippen LogP contribution in [-0.2, 0) is 42.4 Å². The van der Waals surface area contributed by atoms with E-state index >= 15 is 0 Å². The first-order chi connectivity index (χ1) is 32.0. The molecule has 4 aliphatic rings. The Kier molecular flexibility index (Phi) is 14.5. The molecule has 4 aromatic rings. The lowest BCUT2D eigenvalue weighted by atomic mass is 9.83. The van der Waals surface area contributed by atoms with Gasteiger partial charge in [-0.25, -0.2) is 4.79 Å². The first-order valence-electron chi connectivity index (χ1n) is 24.3. The highest BCUT2D eigenvalue weighted by molar-refractivity contribution is 6.99. The Morgan fingerprint density at radius 3 is 1.82 bits per heavy atom. The van der Waals surface area contributed by atoms with Gasteiger partial charge in [-0.05, 0) is 78.6 Å². The molecule has 0 radical (unpaired) electrons. The SMILES string of the molecule is CO[C@]1(C)C=C(C(=O)CC[C@H](O)C[C@@]2(C)O[C@@]3(CCC[C@@H](c4ccccc4)O3)[C@]3(CCC[C@H](c4ccccc4)O3)OC2=O)O[C@H]([C@H](C)CO[Si](c2ccccc2)(c2ccccc2)C(C)(C)C)C1. The first kappa shape index (κ1) is 49.0. The zero-order chi connectivity index (χ0) is 47.5. The number of methoxy groups -OCH3 is 1. The van der Waals surface area contributed by atoms with Crippen LogP contribution >= 0.6 is 0 Å². The zero-order valence-corrected chi connectivity index (χ0v) is 41.4. The maximum atomic E-state index is 14.4. The van der Waals surface area contributed by atoms with Crippen LogP contribution in [0.25, 0.3) is 0 Å². The summed E-state index contributed by atoms with van der Waals surface area (Å²) in [4.78, 5) is 28.5. The molecule has 0 aromatic heterocycles. The molecule has 0 bridgehead atoms. The van der Waals surface area contributed by atoms with Crippen molar-refractivity contribution in [3.63, 3.8) is 0 Å². The van der Waals surface area contributed by atoms with Gasteiger partial charge in [0.25, 0.3) is 14.1 Å². The zero-order valence-electron chi connectivity index (χ0n) is 40.4. The molecule has 2 spiro atoms. The molecular weight excluding hydrogens is 861 g/mol. The number of esters is 1. The van der Waals surface area contributed by atoms with Crippen LogP contribution in [0.2, 0.25) is 5.04 Å². The molecule has 1 N–H and O–H groups in total. The Bertz CT molecular complexity index is 2280. The van der Waals surface area contributed by atoms with Gasteiger partial charge in [0.2, 0.25) is 5.79 Å². The van der Waals surface area contributed by atoms with Crippen molar-refractivity contribution in [2.45, 2.75) is 158 Å². The largest absolute Gasteiger partial charge is 0.486 e. The minimum atomic E-state index is -2.83. The predicted octanol–water partition coefficient (Wildman–Crippen LogP) is 9.99. The van der Waals surface area contributed by atoms with Gasteiger partial charge in [0.15, 0.2) is 17.1 Å². The third kappa shape index (κ3) is 10.0. The quantitative estimate of drug-likeness (QED) is 0.0912. The van der Waals surface area contributed by atoms with Gasteiger partial charge in [-0.3, -0.25) is 4.79 Å². The molecule has 4 aromatic carbocycles. The number of carbonyl (C=O) groups excluding carboxylic acids is 2. The van der Waals surface area contributed by atoms with Gasteiger partial charge < -0.3 is 38.0 Å². The van der Waals surface area contributed by atoms with Crippen molar-refractivity contribution in [2.24, 2.45) is 5.92 Å². The smallest absolute Gasteiger partial charge is 0.341 e. The summed E-state index contributed by atoms with van der Waals surface area (Å²) in [6.45, 7) is 12.9. The molecule has 0 amide bonds. The van der Waals surface area contributed by atoms with E-state index in [9.17, 15) is 14.7 Å². The van der Waals surface area contributed by atoms with E-state index in [1.165, 1.54) is 10.4 Å². The van der Waals surface area contributed by atoms with Crippen LogP contribution in [0.4, 0.5) is 0 Å². The summed E-state index contributed by atoms with van der Waals surface area (Å²) < 4.78 is 47.4. The fraction of sp³-hybridized carbons (Fsp3) is 0.500. The number of hydrogen-bond donors (Lipinski definition) is 1. The van der Waals surface area contributed by atoms with E-state index in [0.717, 1.165) is 36.8 Å². The van der Waals surface area contributed by atoms with E-state index in [1.54, 1.807) is 20.1 Å². The monoisotopic (exact) mass is 930 g/mol. The summed E-state index contributed by atoms with van der Waals surface area (Å²) in [5, 5.41) is 13.9.